The third-order valence-corrected chi connectivity index (χ3v) is 3.34. The molecule has 0 amide bonds. The summed E-state index contributed by atoms with van der Waals surface area (Å²) in [6, 6.07) is 0. The topological polar surface area (TPSA) is 46.5 Å². The average molecular weight is 250 g/mol. The van der Waals surface area contributed by atoms with Crippen LogP contribution in [-0.4, -0.2) is 29.7 Å². The molecule has 0 heterocycles. The van der Waals surface area contributed by atoms with Gasteiger partial charge in [0.2, 0.25) is 0 Å². The van der Waals surface area contributed by atoms with E-state index < -0.39 is 23.9 Å². The molecule has 1 fully saturated rings. The number of aliphatic hydroxyl groups is 1. The predicted octanol–water partition coefficient (Wildman–Crippen LogP) is 2.37. The second-order valence-electron chi connectivity index (χ2n) is 4.82. The highest BCUT2D eigenvalue weighted by Crippen LogP contribution is 2.36. The fraction of sp³-hybridized carbons (Fsp3) is 0.917. The molecule has 3 unspecified atom stereocenters. The van der Waals surface area contributed by atoms with Gasteiger partial charge in [-0.3, -0.25) is 0 Å². The Bertz CT molecular complexity index is 268. The van der Waals surface area contributed by atoms with E-state index in [1.807, 2.05) is 6.92 Å². The normalized spacial score (nSPS) is 27.6. The maximum atomic E-state index is 13.6. The molecule has 100 valence electrons. The second-order valence-corrected chi connectivity index (χ2v) is 4.82. The minimum absolute atomic E-state index is 0.109. The van der Waals surface area contributed by atoms with Gasteiger partial charge in [-0.15, -0.1) is 0 Å². The number of alkyl halides is 2. The van der Waals surface area contributed by atoms with E-state index in [0.29, 0.717) is 18.8 Å². The second kappa shape index (κ2) is 5.76. The Morgan fingerprint density at radius 2 is 2.18 bits per heavy atom. The van der Waals surface area contributed by atoms with Gasteiger partial charge in [-0.2, -0.15) is 8.78 Å². The molecule has 3 atom stereocenters. The number of hydrogen-bond donors (Lipinski definition) is 1. The highest BCUT2D eigenvalue weighted by Gasteiger charge is 2.51. The van der Waals surface area contributed by atoms with E-state index in [1.54, 1.807) is 0 Å². The Morgan fingerprint density at radius 1 is 1.53 bits per heavy atom. The lowest BCUT2D eigenvalue weighted by molar-refractivity contribution is -0.195. The van der Waals surface area contributed by atoms with E-state index >= 15 is 0 Å². The number of ether oxygens (including phenoxy) is 1. The highest BCUT2D eigenvalue weighted by molar-refractivity contribution is 5.78. The highest BCUT2D eigenvalue weighted by atomic mass is 19.3. The first-order valence-electron chi connectivity index (χ1n) is 6.12. The van der Waals surface area contributed by atoms with Crippen LogP contribution in [-0.2, 0) is 9.53 Å². The lowest BCUT2D eigenvalue weighted by Gasteiger charge is -2.33. The molecule has 0 saturated heterocycles. The van der Waals surface area contributed by atoms with Gasteiger partial charge in [0.15, 0.2) is 0 Å². The molecule has 0 bridgehead atoms. The summed E-state index contributed by atoms with van der Waals surface area (Å²) in [5.41, 5.74) is 0. The van der Waals surface area contributed by atoms with Crippen molar-refractivity contribution < 1.29 is 23.4 Å². The average Bonchev–Trinajstić information content (AvgIpc) is 2.28. The third kappa shape index (κ3) is 3.37. The lowest BCUT2D eigenvalue weighted by atomic mass is 9.78. The molecule has 3 nitrogen and oxygen atoms in total. The van der Waals surface area contributed by atoms with Crippen LogP contribution < -0.4 is 0 Å². The number of esters is 1. The molecule has 0 spiro atoms. The van der Waals surface area contributed by atoms with Gasteiger partial charge in [0, 0.05) is 0 Å². The fourth-order valence-electron chi connectivity index (χ4n) is 2.41. The van der Waals surface area contributed by atoms with Gasteiger partial charge in [0.25, 0.3) is 0 Å². The van der Waals surface area contributed by atoms with Crippen molar-refractivity contribution in [1.29, 1.82) is 0 Å². The summed E-state index contributed by atoms with van der Waals surface area (Å²) in [6.07, 6.45) is 0.969. The fourth-order valence-corrected chi connectivity index (χ4v) is 2.41. The lowest BCUT2D eigenvalue weighted by Crippen LogP contribution is -2.47. The molecule has 1 aliphatic carbocycles. The van der Waals surface area contributed by atoms with Crippen LogP contribution in [0.25, 0.3) is 0 Å². The number of rotatable bonds is 4. The van der Waals surface area contributed by atoms with Gasteiger partial charge in [-0.25, -0.2) is 4.79 Å². The smallest absolute Gasteiger partial charge is 0.379 e. The van der Waals surface area contributed by atoms with Gasteiger partial charge in [0.05, 0.1) is 6.61 Å². The first-order chi connectivity index (χ1) is 7.89. The Hall–Kier alpha value is -0.710. The van der Waals surface area contributed by atoms with E-state index in [4.69, 9.17) is 0 Å². The molecular weight excluding hydrogens is 230 g/mol. The van der Waals surface area contributed by atoms with E-state index in [1.165, 1.54) is 6.92 Å². The first-order valence-corrected chi connectivity index (χ1v) is 6.12. The molecular formula is C12H20F2O3. The van der Waals surface area contributed by atoms with Gasteiger partial charge in [-0.05, 0) is 31.6 Å². The van der Waals surface area contributed by atoms with Gasteiger partial charge < -0.3 is 9.84 Å². The Balaban J connectivity index is 2.66. The number of carbonyl (C=O) groups excluding carboxylic acids is 1. The molecule has 1 aliphatic rings. The largest absolute Gasteiger partial charge is 0.461 e. The van der Waals surface area contributed by atoms with Gasteiger partial charge >= 0.3 is 11.9 Å². The van der Waals surface area contributed by atoms with Crippen molar-refractivity contribution in [3.05, 3.63) is 0 Å². The van der Waals surface area contributed by atoms with Crippen molar-refractivity contribution in [3.8, 4) is 0 Å². The minimum Gasteiger partial charge on any atom is -0.461 e. The van der Waals surface area contributed by atoms with E-state index in [0.717, 1.165) is 12.8 Å². The summed E-state index contributed by atoms with van der Waals surface area (Å²) < 4.78 is 31.5. The molecule has 0 aliphatic heterocycles. The minimum atomic E-state index is -3.79. The Morgan fingerprint density at radius 3 is 2.71 bits per heavy atom. The number of aliphatic hydroxyl groups excluding tert-OH is 1. The van der Waals surface area contributed by atoms with Crippen molar-refractivity contribution in [2.45, 2.75) is 51.6 Å². The predicted molar refractivity (Wildman–Crippen MR) is 58.7 cm³/mol. The molecule has 17 heavy (non-hydrogen) atoms. The summed E-state index contributed by atoms with van der Waals surface area (Å²) in [6.45, 7) is 3.33. The Kier molecular flexibility index (Phi) is 4.86. The molecule has 0 radical (unpaired) electrons. The summed E-state index contributed by atoms with van der Waals surface area (Å²) in [7, 11) is 0. The van der Waals surface area contributed by atoms with Crippen molar-refractivity contribution in [3.63, 3.8) is 0 Å². The van der Waals surface area contributed by atoms with Crippen LogP contribution in [0.15, 0.2) is 0 Å². The molecule has 0 aromatic rings. The van der Waals surface area contributed by atoms with E-state index in [-0.39, 0.29) is 6.61 Å². The van der Waals surface area contributed by atoms with Crippen molar-refractivity contribution in [2.75, 3.05) is 6.61 Å². The van der Waals surface area contributed by atoms with Crippen LogP contribution in [0, 0.1) is 11.8 Å². The number of hydrogen-bond acceptors (Lipinski definition) is 3. The maximum absolute atomic E-state index is 13.6. The molecule has 1 rings (SSSR count). The SMILES string of the molecule is CCOC(=O)C(F)(F)C(O)C1CCCC(C)C1. The van der Waals surface area contributed by atoms with Crippen LogP contribution in [0.5, 0.6) is 0 Å². The van der Waals surface area contributed by atoms with Gasteiger partial charge in [0.1, 0.15) is 6.10 Å². The molecule has 0 aromatic heterocycles. The van der Waals surface area contributed by atoms with Crippen molar-refractivity contribution >= 4 is 5.97 Å². The molecule has 1 saturated carbocycles. The van der Waals surface area contributed by atoms with Crippen LogP contribution in [0.4, 0.5) is 8.78 Å². The van der Waals surface area contributed by atoms with Crippen LogP contribution in [0.2, 0.25) is 0 Å². The first kappa shape index (κ1) is 14.4. The molecule has 0 aromatic carbocycles. The number of halogens is 2. The Labute approximate surface area is 100 Å². The monoisotopic (exact) mass is 250 g/mol. The zero-order valence-corrected chi connectivity index (χ0v) is 10.3. The zero-order chi connectivity index (χ0) is 13.1. The zero-order valence-electron chi connectivity index (χ0n) is 10.3. The number of carbonyl (C=O) groups is 1. The van der Waals surface area contributed by atoms with Gasteiger partial charge in [-0.1, -0.05) is 19.8 Å². The summed E-state index contributed by atoms with van der Waals surface area (Å²) in [5.74, 6) is -5.61. The van der Waals surface area contributed by atoms with Crippen LogP contribution in [0.1, 0.15) is 39.5 Å². The summed E-state index contributed by atoms with van der Waals surface area (Å²) in [5, 5.41) is 9.67. The summed E-state index contributed by atoms with van der Waals surface area (Å²) >= 11 is 0. The van der Waals surface area contributed by atoms with E-state index in [9.17, 15) is 18.7 Å². The quantitative estimate of drug-likeness (QED) is 0.779. The summed E-state index contributed by atoms with van der Waals surface area (Å²) in [4.78, 5) is 11.1. The standard InChI is InChI=1S/C12H20F2O3/c1-3-17-11(16)12(13,14)10(15)9-6-4-5-8(2)7-9/h8-10,15H,3-7H2,1-2H3. The molecule has 1 N–H and O–H groups in total. The van der Waals surface area contributed by atoms with Crippen LogP contribution in [0.3, 0.4) is 0 Å². The maximum Gasteiger partial charge on any atom is 0.379 e. The van der Waals surface area contributed by atoms with Crippen LogP contribution >= 0.6 is 0 Å². The van der Waals surface area contributed by atoms with Crippen molar-refractivity contribution in [2.24, 2.45) is 11.8 Å². The van der Waals surface area contributed by atoms with E-state index in [2.05, 4.69) is 4.74 Å². The van der Waals surface area contributed by atoms with Crippen molar-refractivity contribution in [1.82, 2.24) is 0 Å². The third-order valence-electron chi connectivity index (χ3n) is 3.34. The molecule has 5 heteroatoms.